The number of pyridine rings is 2. The second-order valence-corrected chi connectivity index (χ2v) is 8.35. The van der Waals surface area contributed by atoms with Gasteiger partial charge in [-0.15, -0.1) is 0 Å². The first-order valence-corrected chi connectivity index (χ1v) is 10.6. The highest BCUT2D eigenvalue weighted by Crippen LogP contribution is 2.30. The summed E-state index contributed by atoms with van der Waals surface area (Å²) in [5.74, 6) is 0.329. The number of halogens is 3. The summed E-state index contributed by atoms with van der Waals surface area (Å²) in [5, 5.41) is 8.24. The minimum absolute atomic E-state index is 0.0262. The van der Waals surface area contributed by atoms with E-state index in [-0.39, 0.29) is 18.0 Å². The molecule has 1 aliphatic rings. The van der Waals surface area contributed by atoms with Gasteiger partial charge in [-0.2, -0.15) is 18.3 Å². The van der Waals surface area contributed by atoms with Crippen LogP contribution in [-0.2, 0) is 6.18 Å². The molecule has 4 heterocycles. The molecule has 0 radical (unpaired) electrons. The first-order valence-electron chi connectivity index (χ1n) is 10.6. The highest BCUT2D eigenvalue weighted by molar-refractivity contribution is 5.98. The number of nitrogens with zero attached hydrogens (tertiary/aromatic N) is 5. The molecule has 1 aliphatic heterocycles. The van der Waals surface area contributed by atoms with E-state index >= 15 is 0 Å². The van der Waals surface area contributed by atoms with Crippen molar-refractivity contribution < 1.29 is 18.0 Å². The molecule has 0 aliphatic carbocycles. The van der Waals surface area contributed by atoms with Crippen LogP contribution < -0.4 is 10.2 Å². The molecule has 3 aromatic heterocycles. The zero-order valence-electron chi connectivity index (χ0n) is 18.1. The largest absolute Gasteiger partial charge is 0.417 e. The van der Waals surface area contributed by atoms with E-state index in [4.69, 9.17) is 0 Å². The number of carbonyl (C=O) groups is 1. The number of rotatable bonds is 4. The first-order chi connectivity index (χ1) is 15.1. The predicted octanol–water partition coefficient (Wildman–Crippen LogP) is 4.13. The topological polar surface area (TPSA) is 75.9 Å². The lowest BCUT2D eigenvalue weighted by Gasteiger charge is -2.33. The molecule has 10 heteroatoms. The van der Waals surface area contributed by atoms with Crippen LogP contribution in [0.5, 0.6) is 0 Å². The molecule has 0 bridgehead atoms. The lowest BCUT2D eigenvalue weighted by Crippen LogP contribution is -2.45. The number of aromatic nitrogens is 4. The summed E-state index contributed by atoms with van der Waals surface area (Å²) in [4.78, 5) is 23.4. The minimum Gasteiger partial charge on any atom is -0.356 e. The highest BCUT2D eigenvalue weighted by atomic mass is 19.4. The van der Waals surface area contributed by atoms with Gasteiger partial charge in [-0.3, -0.25) is 4.79 Å². The number of aryl methyl sites for hydroxylation is 1. The quantitative estimate of drug-likeness (QED) is 0.652. The lowest BCUT2D eigenvalue weighted by molar-refractivity contribution is -0.137. The van der Waals surface area contributed by atoms with Crippen LogP contribution in [0.25, 0.3) is 11.0 Å². The minimum atomic E-state index is -4.40. The molecular weight excluding hydrogens is 421 g/mol. The van der Waals surface area contributed by atoms with Crippen LogP contribution in [0.15, 0.2) is 30.6 Å². The Morgan fingerprint density at radius 1 is 1.19 bits per heavy atom. The van der Waals surface area contributed by atoms with Gasteiger partial charge < -0.3 is 10.2 Å². The molecule has 1 N–H and O–H groups in total. The maximum absolute atomic E-state index is 12.9. The summed E-state index contributed by atoms with van der Waals surface area (Å²) in [6, 6.07) is 4.40. The second kappa shape index (κ2) is 8.40. The fraction of sp³-hybridized carbons (Fsp3) is 0.455. The Bertz CT molecular complexity index is 1120. The molecule has 0 aromatic carbocycles. The van der Waals surface area contributed by atoms with Crippen molar-refractivity contribution in [1.82, 2.24) is 25.1 Å². The molecule has 0 unspecified atom stereocenters. The third-order valence-corrected chi connectivity index (χ3v) is 5.72. The van der Waals surface area contributed by atoms with Crippen molar-refractivity contribution in [2.24, 2.45) is 0 Å². The molecule has 0 spiro atoms. The Labute approximate surface area is 183 Å². The Balaban J connectivity index is 1.39. The number of anilines is 1. The van der Waals surface area contributed by atoms with Crippen molar-refractivity contribution in [2.45, 2.75) is 51.9 Å². The Morgan fingerprint density at radius 2 is 1.91 bits per heavy atom. The second-order valence-electron chi connectivity index (χ2n) is 8.35. The average Bonchev–Trinajstić information content (AvgIpc) is 3.16. The Morgan fingerprint density at radius 3 is 2.50 bits per heavy atom. The van der Waals surface area contributed by atoms with Crippen LogP contribution in [0, 0.1) is 6.92 Å². The number of hydrogen-bond acceptors (Lipinski definition) is 5. The van der Waals surface area contributed by atoms with Crippen LogP contribution in [-0.4, -0.2) is 44.8 Å². The van der Waals surface area contributed by atoms with Gasteiger partial charge >= 0.3 is 6.18 Å². The summed E-state index contributed by atoms with van der Waals surface area (Å²) < 4.78 is 40.0. The zero-order valence-corrected chi connectivity index (χ0v) is 18.1. The predicted molar refractivity (Wildman–Crippen MR) is 115 cm³/mol. The molecule has 1 saturated heterocycles. The number of carbonyl (C=O) groups excluding carboxylic acids is 1. The molecule has 7 nitrogen and oxygen atoms in total. The number of alkyl halides is 3. The van der Waals surface area contributed by atoms with Crippen molar-refractivity contribution in [3.8, 4) is 0 Å². The van der Waals surface area contributed by atoms with Crippen molar-refractivity contribution in [2.75, 3.05) is 18.0 Å². The van der Waals surface area contributed by atoms with Gasteiger partial charge in [-0.1, -0.05) is 0 Å². The van der Waals surface area contributed by atoms with E-state index in [9.17, 15) is 18.0 Å². The van der Waals surface area contributed by atoms with Gasteiger partial charge in [0.05, 0.1) is 23.0 Å². The summed E-state index contributed by atoms with van der Waals surface area (Å²) in [5.41, 5.74) is 1.16. The molecule has 3 aromatic rings. The van der Waals surface area contributed by atoms with Gasteiger partial charge in [0.25, 0.3) is 5.91 Å². The smallest absolute Gasteiger partial charge is 0.356 e. The molecule has 4 rings (SSSR count). The average molecular weight is 446 g/mol. The normalized spacial score (nSPS) is 15.5. The van der Waals surface area contributed by atoms with Crippen molar-refractivity contribution >= 4 is 22.8 Å². The van der Waals surface area contributed by atoms with Gasteiger partial charge in [0, 0.05) is 36.8 Å². The monoisotopic (exact) mass is 446 g/mol. The number of hydrogen-bond donors (Lipinski definition) is 1. The molecule has 1 fully saturated rings. The van der Waals surface area contributed by atoms with Crippen molar-refractivity contribution in [1.29, 1.82) is 0 Å². The van der Waals surface area contributed by atoms with Crippen LogP contribution in [0.2, 0.25) is 0 Å². The fourth-order valence-electron chi connectivity index (χ4n) is 3.93. The van der Waals surface area contributed by atoms with E-state index in [1.807, 2.05) is 36.4 Å². The van der Waals surface area contributed by atoms with Crippen LogP contribution >= 0.6 is 0 Å². The number of piperidine rings is 1. The van der Waals surface area contributed by atoms with Crippen LogP contribution in [0.1, 0.15) is 54.3 Å². The van der Waals surface area contributed by atoms with E-state index in [1.54, 1.807) is 6.20 Å². The standard InChI is InChI=1S/C22H25F3N6O/c1-13(2)31-20-15(11-27-31)10-18(14(3)28-20)21(32)29-17-6-8-30(9-7-17)19-5-4-16(12-26-19)22(23,24)25/h4-5,10-13,17H,6-9H2,1-3H3,(H,29,32). The summed E-state index contributed by atoms with van der Waals surface area (Å²) in [7, 11) is 0. The van der Waals surface area contributed by atoms with Crippen LogP contribution in [0.4, 0.5) is 19.0 Å². The molecule has 32 heavy (non-hydrogen) atoms. The molecular formula is C22H25F3N6O. The third-order valence-electron chi connectivity index (χ3n) is 5.72. The van der Waals surface area contributed by atoms with Gasteiger partial charge in [0.2, 0.25) is 0 Å². The summed E-state index contributed by atoms with van der Waals surface area (Å²) in [6.45, 7) is 7.06. The van der Waals surface area contributed by atoms with Crippen molar-refractivity contribution in [3.05, 3.63) is 47.4 Å². The lowest BCUT2D eigenvalue weighted by atomic mass is 10.0. The summed E-state index contributed by atoms with van der Waals surface area (Å²) in [6.07, 6.45) is -0.472. The van der Waals surface area contributed by atoms with E-state index in [1.165, 1.54) is 6.07 Å². The van der Waals surface area contributed by atoms with E-state index < -0.39 is 11.7 Å². The fourth-order valence-corrected chi connectivity index (χ4v) is 3.93. The first kappa shape index (κ1) is 22.0. The zero-order chi connectivity index (χ0) is 23.0. The third kappa shape index (κ3) is 4.39. The van der Waals surface area contributed by atoms with Crippen molar-refractivity contribution in [3.63, 3.8) is 0 Å². The SMILES string of the molecule is Cc1nc2c(cnn2C(C)C)cc1C(=O)NC1CCN(c2ccc(C(F)(F)F)cn2)CC1. The molecule has 0 saturated carbocycles. The Kier molecular flexibility index (Phi) is 5.79. The van der Waals surface area contributed by atoms with Gasteiger partial charge in [0.1, 0.15) is 5.82 Å². The maximum Gasteiger partial charge on any atom is 0.417 e. The molecule has 1 amide bonds. The Hall–Kier alpha value is -3.17. The van der Waals surface area contributed by atoms with Gasteiger partial charge in [-0.05, 0) is 51.8 Å². The maximum atomic E-state index is 12.9. The van der Waals surface area contributed by atoms with E-state index in [2.05, 4.69) is 20.4 Å². The molecule has 0 atom stereocenters. The van der Waals surface area contributed by atoms with Gasteiger partial charge in [0.15, 0.2) is 5.65 Å². The van der Waals surface area contributed by atoms with E-state index in [0.29, 0.717) is 43.0 Å². The number of fused-ring (bicyclic) bond motifs is 1. The molecule has 170 valence electrons. The van der Waals surface area contributed by atoms with E-state index in [0.717, 1.165) is 23.3 Å². The summed E-state index contributed by atoms with van der Waals surface area (Å²) >= 11 is 0. The van der Waals surface area contributed by atoms with Gasteiger partial charge in [-0.25, -0.2) is 14.6 Å². The number of amides is 1. The highest BCUT2D eigenvalue weighted by Gasteiger charge is 2.31. The van der Waals surface area contributed by atoms with Crippen LogP contribution in [0.3, 0.4) is 0 Å². The number of nitrogens with one attached hydrogen (secondary N) is 1.